The predicted octanol–water partition coefficient (Wildman–Crippen LogP) is 1.06. The van der Waals surface area contributed by atoms with Crippen LogP contribution in [0.3, 0.4) is 0 Å². The summed E-state index contributed by atoms with van der Waals surface area (Å²) in [6.45, 7) is 5.99. The van der Waals surface area contributed by atoms with Gasteiger partial charge >= 0.3 is 12.1 Å². The molecule has 1 amide bonds. The summed E-state index contributed by atoms with van der Waals surface area (Å²) in [6.07, 6.45) is 0.0891. The molecule has 0 spiro atoms. The standard InChI is InChI=1S/C5H8O2.C4H9NO2/c1-4-2-3-7-5(4)6;1-3(2)7-4(5)6/h4H,2-3H2,1H3;3H,1-2H3,(H2,5,6). The molecule has 2 N–H and O–H groups in total. The fourth-order valence-electron chi connectivity index (χ4n) is 0.829. The maximum atomic E-state index is 10.4. The number of carbonyl (C=O) groups excluding carboxylic acids is 2. The molecule has 0 aromatic rings. The van der Waals surface area contributed by atoms with Crippen molar-refractivity contribution in [3.63, 3.8) is 0 Å². The van der Waals surface area contributed by atoms with Crippen molar-refractivity contribution in [2.45, 2.75) is 33.3 Å². The number of esters is 1. The van der Waals surface area contributed by atoms with E-state index in [0.29, 0.717) is 6.61 Å². The van der Waals surface area contributed by atoms with Crippen LogP contribution in [-0.2, 0) is 14.3 Å². The van der Waals surface area contributed by atoms with Crippen molar-refractivity contribution < 1.29 is 19.1 Å². The molecule has 1 rings (SSSR count). The van der Waals surface area contributed by atoms with Crippen molar-refractivity contribution in [1.82, 2.24) is 0 Å². The monoisotopic (exact) mass is 203 g/mol. The van der Waals surface area contributed by atoms with E-state index in [1.807, 2.05) is 6.92 Å². The number of ether oxygens (including phenoxy) is 2. The first-order chi connectivity index (χ1) is 6.43. The minimum absolute atomic E-state index is 0.0417. The summed E-state index contributed by atoms with van der Waals surface area (Å²) in [5, 5.41) is 0. The number of nitrogens with two attached hydrogens (primary N) is 1. The zero-order valence-electron chi connectivity index (χ0n) is 8.78. The molecule has 0 bridgehead atoms. The highest BCUT2D eigenvalue weighted by atomic mass is 16.6. The Labute approximate surface area is 83.5 Å². The van der Waals surface area contributed by atoms with Crippen LogP contribution >= 0.6 is 0 Å². The van der Waals surface area contributed by atoms with Crippen LogP contribution in [0.25, 0.3) is 0 Å². The van der Waals surface area contributed by atoms with Crippen molar-refractivity contribution >= 4 is 12.1 Å². The Bertz CT molecular complexity index is 203. The molecule has 1 fully saturated rings. The number of hydrogen-bond donors (Lipinski definition) is 1. The van der Waals surface area contributed by atoms with E-state index in [0.717, 1.165) is 6.42 Å². The summed E-state index contributed by atoms with van der Waals surface area (Å²) in [5.74, 6) is 0.111. The van der Waals surface area contributed by atoms with Crippen LogP contribution in [0.4, 0.5) is 4.79 Å². The van der Waals surface area contributed by atoms with Gasteiger partial charge in [0, 0.05) is 0 Å². The highest BCUT2D eigenvalue weighted by molar-refractivity contribution is 5.73. The highest BCUT2D eigenvalue weighted by Gasteiger charge is 2.20. The van der Waals surface area contributed by atoms with E-state index in [-0.39, 0.29) is 18.0 Å². The predicted molar refractivity (Wildman–Crippen MR) is 50.5 cm³/mol. The second-order valence-corrected chi connectivity index (χ2v) is 3.34. The third-order valence-corrected chi connectivity index (χ3v) is 1.55. The largest absolute Gasteiger partial charge is 0.465 e. The lowest BCUT2D eigenvalue weighted by Gasteiger charge is -2.01. The zero-order valence-corrected chi connectivity index (χ0v) is 8.78. The SMILES string of the molecule is CC(C)OC(N)=O.CC1CCOC1=O. The summed E-state index contributed by atoms with van der Waals surface area (Å²) in [5.41, 5.74) is 4.63. The Hall–Kier alpha value is -1.26. The molecule has 0 aliphatic carbocycles. The van der Waals surface area contributed by atoms with Crippen molar-refractivity contribution in [1.29, 1.82) is 0 Å². The molecule has 14 heavy (non-hydrogen) atoms. The molecule has 0 saturated carbocycles. The van der Waals surface area contributed by atoms with Crippen LogP contribution in [0.2, 0.25) is 0 Å². The van der Waals surface area contributed by atoms with Crippen molar-refractivity contribution in [3.8, 4) is 0 Å². The highest BCUT2D eigenvalue weighted by Crippen LogP contribution is 2.11. The van der Waals surface area contributed by atoms with E-state index in [1.165, 1.54) is 0 Å². The Morgan fingerprint density at radius 2 is 2.21 bits per heavy atom. The molecule has 1 saturated heterocycles. The number of cyclic esters (lactones) is 1. The minimum Gasteiger partial charge on any atom is -0.465 e. The lowest BCUT2D eigenvalue weighted by molar-refractivity contribution is -0.140. The molecule has 1 aliphatic rings. The van der Waals surface area contributed by atoms with Gasteiger partial charge in [0.05, 0.1) is 18.6 Å². The molecule has 5 heteroatoms. The van der Waals surface area contributed by atoms with Gasteiger partial charge in [0.25, 0.3) is 0 Å². The first kappa shape index (κ1) is 12.7. The third-order valence-electron chi connectivity index (χ3n) is 1.55. The average molecular weight is 203 g/mol. The number of primary amides is 1. The van der Waals surface area contributed by atoms with E-state index < -0.39 is 6.09 Å². The molecule has 0 aromatic carbocycles. The molecule has 82 valence electrons. The summed E-state index contributed by atoms with van der Waals surface area (Å²) in [4.78, 5) is 20.2. The van der Waals surface area contributed by atoms with E-state index in [2.05, 4.69) is 15.2 Å². The number of rotatable bonds is 1. The molecular formula is C9H17NO4. The van der Waals surface area contributed by atoms with Crippen LogP contribution < -0.4 is 5.73 Å². The van der Waals surface area contributed by atoms with Gasteiger partial charge in [-0.15, -0.1) is 0 Å². The lowest BCUT2D eigenvalue weighted by atomic mass is 10.2. The van der Waals surface area contributed by atoms with Crippen LogP contribution in [0.15, 0.2) is 0 Å². The Kier molecular flexibility index (Phi) is 5.67. The number of hydrogen-bond acceptors (Lipinski definition) is 4. The maximum absolute atomic E-state index is 10.4. The van der Waals surface area contributed by atoms with Gasteiger partial charge in [-0.05, 0) is 20.3 Å². The lowest BCUT2D eigenvalue weighted by Crippen LogP contribution is -2.17. The molecule has 1 heterocycles. The fourth-order valence-corrected chi connectivity index (χ4v) is 0.829. The van der Waals surface area contributed by atoms with Crippen LogP contribution in [-0.4, -0.2) is 24.8 Å². The third kappa shape index (κ3) is 6.28. The second-order valence-electron chi connectivity index (χ2n) is 3.34. The smallest absolute Gasteiger partial charge is 0.404 e. The van der Waals surface area contributed by atoms with Crippen LogP contribution in [0.5, 0.6) is 0 Å². The minimum atomic E-state index is -0.713. The summed E-state index contributed by atoms with van der Waals surface area (Å²) < 4.78 is 9.02. The normalized spacial score (nSPS) is 19.7. The molecular weight excluding hydrogens is 186 g/mol. The topological polar surface area (TPSA) is 78.6 Å². The molecule has 0 aromatic heterocycles. The summed E-state index contributed by atoms with van der Waals surface area (Å²) in [7, 11) is 0. The summed E-state index contributed by atoms with van der Waals surface area (Å²) >= 11 is 0. The second kappa shape index (κ2) is 6.23. The molecule has 1 aliphatic heterocycles. The average Bonchev–Trinajstić information content (AvgIpc) is 2.34. The van der Waals surface area contributed by atoms with Gasteiger partial charge in [-0.25, -0.2) is 4.79 Å². The van der Waals surface area contributed by atoms with Gasteiger partial charge in [0.1, 0.15) is 0 Å². The van der Waals surface area contributed by atoms with E-state index in [4.69, 9.17) is 0 Å². The number of carbonyl (C=O) groups is 2. The summed E-state index contributed by atoms with van der Waals surface area (Å²) in [6, 6.07) is 0. The van der Waals surface area contributed by atoms with Crippen molar-refractivity contribution in [2.75, 3.05) is 6.61 Å². The van der Waals surface area contributed by atoms with Gasteiger partial charge < -0.3 is 15.2 Å². The van der Waals surface area contributed by atoms with E-state index in [9.17, 15) is 9.59 Å². The Morgan fingerprint density at radius 3 is 2.29 bits per heavy atom. The van der Waals surface area contributed by atoms with Crippen molar-refractivity contribution in [2.24, 2.45) is 11.7 Å². The van der Waals surface area contributed by atoms with Gasteiger partial charge in [0.2, 0.25) is 0 Å². The Balaban J connectivity index is 0.000000241. The fraction of sp³-hybridized carbons (Fsp3) is 0.778. The zero-order chi connectivity index (χ0) is 11.1. The van der Waals surface area contributed by atoms with E-state index in [1.54, 1.807) is 13.8 Å². The maximum Gasteiger partial charge on any atom is 0.404 e. The van der Waals surface area contributed by atoms with Crippen LogP contribution in [0.1, 0.15) is 27.2 Å². The van der Waals surface area contributed by atoms with Gasteiger partial charge in [-0.3, -0.25) is 4.79 Å². The van der Waals surface area contributed by atoms with Crippen molar-refractivity contribution in [3.05, 3.63) is 0 Å². The first-order valence-electron chi connectivity index (χ1n) is 4.56. The molecule has 0 radical (unpaired) electrons. The quantitative estimate of drug-likeness (QED) is 0.646. The molecule has 1 unspecified atom stereocenters. The van der Waals surface area contributed by atoms with Gasteiger partial charge in [-0.2, -0.15) is 0 Å². The van der Waals surface area contributed by atoms with Crippen LogP contribution in [0, 0.1) is 5.92 Å². The Morgan fingerprint density at radius 1 is 1.64 bits per heavy atom. The molecule has 1 atom stereocenters. The number of amides is 1. The van der Waals surface area contributed by atoms with E-state index >= 15 is 0 Å². The molecule has 5 nitrogen and oxygen atoms in total. The van der Waals surface area contributed by atoms with Gasteiger partial charge in [0.15, 0.2) is 0 Å². The first-order valence-corrected chi connectivity index (χ1v) is 4.56. The van der Waals surface area contributed by atoms with Gasteiger partial charge in [-0.1, -0.05) is 6.92 Å².